The monoisotopic (exact) mass is 604 g/mol. The zero-order valence-corrected chi connectivity index (χ0v) is 25.8. The molecule has 0 saturated carbocycles. The van der Waals surface area contributed by atoms with Crippen LogP contribution in [0.25, 0.3) is 22.6 Å². The van der Waals surface area contributed by atoms with Crippen LogP contribution in [0.1, 0.15) is 62.9 Å². The summed E-state index contributed by atoms with van der Waals surface area (Å²) >= 11 is 0. The highest BCUT2D eigenvalue weighted by atomic mass is 16.5. The van der Waals surface area contributed by atoms with E-state index in [1.165, 1.54) is 6.33 Å². The molecule has 5 aromatic rings. The van der Waals surface area contributed by atoms with Crippen molar-refractivity contribution in [3.63, 3.8) is 0 Å². The van der Waals surface area contributed by atoms with Crippen LogP contribution in [0.15, 0.2) is 89.0 Å². The summed E-state index contributed by atoms with van der Waals surface area (Å²) in [5, 5.41) is 18.9. The van der Waals surface area contributed by atoms with Gasteiger partial charge in [0.2, 0.25) is 11.7 Å². The van der Waals surface area contributed by atoms with Gasteiger partial charge in [-0.1, -0.05) is 55.8 Å². The largest absolute Gasteiger partial charge is 0.485 e. The lowest BCUT2D eigenvalue weighted by Crippen LogP contribution is -2.39. The molecule has 6 rings (SSSR count). The molecule has 0 radical (unpaired) electrons. The fourth-order valence-electron chi connectivity index (χ4n) is 5.54. The summed E-state index contributed by atoms with van der Waals surface area (Å²) in [4.78, 5) is 31.0. The van der Waals surface area contributed by atoms with Crippen LogP contribution in [0.2, 0.25) is 0 Å². The van der Waals surface area contributed by atoms with E-state index in [1.54, 1.807) is 28.1 Å². The van der Waals surface area contributed by atoms with Gasteiger partial charge in [-0.25, -0.2) is 14.5 Å². The van der Waals surface area contributed by atoms with E-state index >= 15 is 0 Å². The van der Waals surface area contributed by atoms with E-state index in [9.17, 15) is 14.7 Å². The van der Waals surface area contributed by atoms with E-state index in [1.807, 2.05) is 74.5 Å². The molecule has 1 atom stereocenters. The number of aliphatic hydroxyl groups excluding tert-OH is 1. The van der Waals surface area contributed by atoms with E-state index in [4.69, 9.17) is 4.74 Å². The molecule has 1 aliphatic heterocycles. The Morgan fingerprint density at radius 3 is 2.44 bits per heavy atom. The summed E-state index contributed by atoms with van der Waals surface area (Å²) < 4.78 is 9.34. The summed E-state index contributed by atoms with van der Waals surface area (Å²) in [5.41, 5.74) is 8.08. The molecule has 2 aromatic heterocycles. The lowest BCUT2D eigenvalue weighted by molar-refractivity contribution is -0.119. The molecule has 3 heterocycles. The van der Waals surface area contributed by atoms with Crippen LogP contribution in [-0.2, 0) is 17.6 Å². The number of hydrogen-bond donors (Lipinski definition) is 2. The minimum atomic E-state index is -0.782. The molecule has 2 N–H and O–H groups in total. The zero-order valence-electron chi connectivity index (χ0n) is 25.8. The lowest BCUT2D eigenvalue weighted by atomic mass is 9.91. The number of carbonyl (C=O) groups excluding carboxylic acids is 1. The first-order chi connectivity index (χ1) is 21.7. The van der Waals surface area contributed by atoms with Crippen LogP contribution >= 0.6 is 0 Å². The Labute approximate surface area is 261 Å². The average Bonchev–Trinajstić information content (AvgIpc) is 3.69. The highest BCUT2D eigenvalue weighted by Gasteiger charge is 2.27. The molecule has 45 heavy (non-hydrogen) atoms. The first kappa shape index (κ1) is 30.0. The first-order valence-corrected chi connectivity index (χ1v) is 15.1. The van der Waals surface area contributed by atoms with Gasteiger partial charge in [0.1, 0.15) is 17.7 Å². The maximum Gasteiger partial charge on any atom is 0.263 e. The number of hydrogen-bond acceptors (Lipinski definition) is 7. The summed E-state index contributed by atoms with van der Waals surface area (Å²) in [6.07, 6.45) is 2.79. The Bertz CT molecular complexity index is 1960. The Morgan fingerprint density at radius 1 is 1.02 bits per heavy atom. The van der Waals surface area contributed by atoms with Gasteiger partial charge in [-0.05, 0) is 74.2 Å². The van der Waals surface area contributed by atoms with Crippen molar-refractivity contribution >= 4 is 17.4 Å². The number of aliphatic hydroxyl groups is 1. The van der Waals surface area contributed by atoms with Gasteiger partial charge in [0.25, 0.3) is 5.56 Å². The molecule has 10 nitrogen and oxygen atoms in total. The predicted molar refractivity (Wildman–Crippen MR) is 173 cm³/mol. The number of aryl methyl sites for hydroxylation is 1. The minimum Gasteiger partial charge on any atom is -0.485 e. The predicted octanol–water partition coefficient (Wildman–Crippen LogP) is 4.85. The molecule has 0 spiro atoms. The highest BCUT2D eigenvalue weighted by molar-refractivity contribution is 6.16. The molecule has 3 aromatic carbocycles. The zero-order chi connectivity index (χ0) is 31.7. The normalized spacial score (nSPS) is 14.0. The second-order valence-corrected chi connectivity index (χ2v) is 11.9. The fourth-order valence-corrected chi connectivity index (χ4v) is 5.54. The Balaban J connectivity index is 1.45. The third kappa shape index (κ3) is 5.88. The number of carbonyl (C=O) groups is 1. The number of amides is 1. The standard InChI is InChI=1S/C35H36N6O4/c1-5-9-31-29(19-23-12-17-27(24-10-7-6-8-11-24)28(18-23)30-20-32(43)39-38-30)33(44)40(34-36-21-37-41(31)34)25-13-15-26(16-14-25)45-35(3,4)22(2)42/h6-8,10-18,21-22,42H,5,9,19-20H2,1-4H3,(H,39,43). The Hall–Kier alpha value is -5.09. The SMILES string of the molecule is CCCc1c(Cc2ccc(-c3ccccc3)c(C3=NNC(=O)C3)c2)c(=O)n(-c2ccc(OC(C)(C)C(C)O)cc2)c2ncnn12. The van der Waals surface area contributed by atoms with E-state index in [0.717, 1.165) is 34.4 Å². The number of hydrazone groups is 1. The number of nitrogens with one attached hydrogen (secondary N) is 1. The fraction of sp³-hybridized carbons (Fsp3) is 0.286. The maximum absolute atomic E-state index is 14.4. The number of fused-ring (bicyclic) bond motifs is 1. The number of nitrogens with zero attached hydrogens (tertiary/aromatic N) is 5. The van der Waals surface area contributed by atoms with Gasteiger partial charge in [0, 0.05) is 17.5 Å². The lowest BCUT2D eigenvalue weighted by Gasteiger charge is -2.29. The van der Waals surface area contributed by atoms with E-state index in [0.29, 0.717) is 41.3 Å². The molecule has 0 fully saturated rings. The quantitative estimate of drug-likeness (QED) is 0.235. The van der Waals surface area contributed by atoms with Gasteiger partial charge in [-0.3, -0.25) is 9.59 Å². The van der Waals surface area contributed by atoms with Gasteiger partial charge >= 0.3 is 0 Å². The van der Waals surface area contributed by atoms with Gasteiger partial charge in [-0.15, -0.1) is 0 Å². The van der Waals surface area contributed by atoms with Crippen LogP contribution in [0.4, 0.5) is 0 Å². The van der Waals surface area contributed by atoms with Gasteiger partial charge in [0.15, 0.2) is 0 Å². The molecule has 1 aliphatic rings. The van der Waals surface area contributed by atoms with Gasteiger partial charge in [-0.2, -0.15) is 15.2 Å². The smallest absolute Gasteiger partial charge is 0.263 e. The maximum atomic E-state index is 14.4. The highest BCUT2D eigenvalue weighted by Crippen LogP contribution is 2.29. The van der Waals surface area contributed by atoms with Crippen molar-refractivity contribution < 1.29 is 14.6 Å². The molecule has 0 aliphatic carbocycles. The third-order valence-corrected chi connectivity index (χ3v) is 8.27. The number of ether oxygens (including phenoxy) is 1. The summed E-state index contributed by atoms with van der Waals surface area (Å²) in [6.45, 7) is 7.39. The molecule has 230 valence electrons. The number of benzene rings is 3. The summed E-state index contributed by atoms with van der Waals surface area (Å²) in [5.74, 6) is 0.854. The van der Waals surface area contributed by atoms with Crippen molar-refractivity contribution in [3.05, 3.63) is 112 Å². The Kier molecular flexibility index (Phi) is 8.07. The van der Waals surface area contributed by atoms with Crippen LogP contribution in [-0.4, -0.2) is 47.6 Å². The first-order valence-electron chi connectivity index (χ1n) is 15.1. The average molecular weight is 605 g/mol. The van der Waals surface area contributed by atoms with Crippen LogP contribution in [0, 0.1) is 0 Å². The van der Waals surface area contributed by atoms with Crippen molar-refractivity contribution in [2.75, 3.05) is 0 Å². The van der Waals surface area contributed by atoms with E-state index in [2.05, 4.69) is 27.5 Å². The molecule has 0 bridgehead atoms. The van der Waals surface area contributed by atoms with E-state index < -0.39 is 11.7 Å². The summed E-state index contributed by atoms with van der Waals surface area (Å²) in [7, 11) is 0. The molecule has 1 amide bonds. The molecular formula is C35H36N6O4. The third-order valence-electron chi connectivity index (χ3n) is 8.27. The summed E-state index contributed by atoms with van der Waals surface area (Å²) in [6, 6.07) is 23.2. The molecule has 10 heteroatoms. The van der Waals surface area contributed by atoms with Crippen LogP contribution in [0.3, 0.4) is 0 Å². The second-order valence-electron chi connectivity index (χ2n) is 11.9. The molecular weight excluding hydrogens is 568 g/mol. The van der Waals surface area contributed by atoms with Crippen LogP contribution in [0.5, 0.6) is 5.75 Å². The topological polar surface area (TPSA) is 123 Å². The minimum absolute atomic E-state index is 0.148. The van der Waals surface area contributed by atoms with Crippen LogP contribution < -0.4 is 15.7 Å². The Morgan fingerprint density at radius 2 is 1.78 bits per heavy atom. The molecule has 1 unspecified atom stereocenters. The van der Waals surface area contributed by atoms with Crippen molar-refractivity contribution in [1.29, 1.82) is 0 Å². The van der Waals surface area contributed by atoms with Crippen molar-refractivity contribution in [2.45, 2.75) is 65.1 Å². The van der Waals surface area contributed by atoms with Gasteiger partial charge < -0.3 is 9.84 Å². The second kappa shape index (κ2) is 12.1. The molecule has 0 saturated heterocycles. The number of rotatable bonds is 10. The number of aromatic nitrogens is 4. The van der Waals surface area contributed by atoms with Crippen molar-refractivity contribution in [1.82, 2.24) is 24.6 Å². The van der Waals surface area contributed by atoms with Crippen molar-refractivity contribution in [3.8, 4) is 22.6 Å². The van der Waals surface area contributed by atoms with Gasteiger partial charge in [0.05, 0.1) is 29.6 Å². The van der Waals surface area contributed by atoms with Crippen molar-refractivity contribution in [2.24, 2.45) is 5.10 Å². The van der Waals surface area contributed by atoms with E-state index in [-0.39, 0.29) is 17.9 Å².